The molecule has 140 valence electrons. The zero-order valence-electron chi connectivity index (χ0n) is 15.1. The molecule has 2 aromatic rings. The van der Waals surface area contributed by atoms with Gasteiger partial charge in [-0.3, -0.25) is 4.79 Å². The normalized spacial score (nSPS) is 10.4. The van der Waals surface area contributed by atoms with Gasteiger partial charge in [0.15, 0.2) is 11.5 Å². The van der Waals surface area contributed by atoms with Gasteiger partial charge in [-0.25, -0.2) is 0 Å². The third kappa shape index (κ3) is 6.46. The summed E-state index contributed by atoms with van der Waals surface area (Å²) in [7, 11) is 3.21. The van der Waals surface area contributed by atoms with Crippen LogP contribution in [0.1, 0.15) is 17.5 Å². The summed E-state index contributed by atoms with van der Waals surface area (Å²) >= 11 is 7.88. The van der Waals surface area contributed by atoms with Crippen molar-refractivity contribution in [2.75, 3.05) is 26.5 Å². The van der Waals surface area contributed by atoms with Gasteiger partial charge in [0.2, 0.25) is 5.91 Å². The number of benzene rings is 2. The predicted octanol–water partition coefficient (Wildman–Crippen LogP) is 4.34. The van der Waals surface area contributed by atoms with Crippen molar-refractivity contribution in [2.45, 2.75) is 18.6 Å². The molecule has 0 atom stereocenters. The number of aryl methyl sites for hydroxylation is 1. The molecule has 2 aromatic carbocycles. The van der Waals surface area contributed by atoms with Gasteiger partial charge >= 0.3 is 0 Å². The van der Waals surface area contributed by atoms with Crippen LogP contribution in [-0.4, -0.2) is 32.4 Å². The number of ether oxygens (including phenoxy) is 2. The zero-order valence-corrected chi connectivity index (χ0v) is 16.7. The first-order chi connectivity index (χ1) is 12.6. The van der Waals surface area contributed by atoms with Gasteiger partial charge < -0.3 is 14.8 Å². The van der Waals surface area contributed by atoms with Gasteiger partial charge in [-0.2, -0.15) is 11.8 Å². The molecule has 0 radical (unpaired) electrons. The molecule has 2 rings (SSSR count). The molecule has 0 unspecified atom stereocenters. The minimum Gasteiger partial charge on any atom is -0.493 e. The Kier molecular flexibility index (Phi) is 8.65. The maximum Gasteiger partial charge on any atom is 0.220 e. The Labute approximate surface area is 164 Å². The summed E-state index contributed by atoms with van der Waals surface area (Å²) in [6.07, 6.45) is 1.11. The molecule has 26 heavy (non-hydrogen) atoms. The summed E-state index contributed by atoms with van der Waals surface area (Å²) in [6.45, 7) is 0.653. The Bertz CT molecular complexity index is 724. The maximum absolute atomic E-state index is 12.0. The fraction of sp³-hybridized carbons (Fsp3) is 0.350. The Morgan fingerprint density at radius 1 is 1.12 bits per heavy atom. The molecule has 6 heteroatoms. The number of amides is 1. The predicted molar refractivity (Wildman–Crippen MR) is 108 cm³/mol. The van der Waals surface area contributed by atoms with Crippen molar-refractivity contribution >= 4 is 29.3 Å². The van der Waals surface area contributed by atoms with Crippen molar-refractivity contribution in [1.29, 1.82) is 0 Å². The van der Waals surface area contributed by atoms with Crippen LogP contribution in [-0.2, 0) is 17.0 Å². The van der Waals surface area contributed by atoms with E-state index in [1.807, 2.05) is 42.5 Å². The van der Waals surface area contributed by atoms with Crippen LogP contribution < -0.4 is 14.8 Å². The number of thioether (sulfide) groups is 1. The first kappa shape index (κ1) is 20.5. The van der Waals surface area contributed by atoms with Crippen LogP contribution in [0.5, 0.6) is 11.5 Å². The Morgan fingerprint density at radius 2 is 1.88 bits per heavy atom. The Morgan fingerprint density at radius 3 is 2.62 bits per heavy atom. The fourth-order valence-electron chi connectivity index (χ4n) is 2.44. The summed E-state index contributed by atoms with van der Waals surface area (Å²) in [4.78, 5) is 12.0. The van der Waals surface area contributed by atoms with E-state index in [2.05, 4.69) is 5.32 Å². The molecule has 1 N–H and O–H groups in total. The van der Waals surface area contributed by atoms with E-state index in [0.717, 1.165) is 27.7 Å². The van der Waals surface area contributed by atoms with Crippen LogP contribution >= 0.6 is 23.4 Å². The molecule has 0 heterocycles. The lowest BCUT2D eigenvalue weighted by atomic mass is 10.1. The van der Waals surface area contributed by atoms with Crippen molar-refractivity contribution in [1.82, 2.24) is 5.32 Å². The number of halogens is 1. The van der Waals surface area contributed by atoms with Gasteiger partial charge in [0.05, 0.1) is 14.2 Å². The third-order valence-corrected chi connectivity index (χ3v) is 5.25. The molecule has 0 aliphatic carbocycles. The summed E-state index contributed by atoms with van der Waals surface area (Å²) in [5.74, 6) is 3.13. The molecule has 0 saturated heterocycles. The average molecular weight is 394 g/mol. The lowest BCUT2D eigenvalue weighted by molar-refractivity contribution is -0.120. The highest BCUT2D eigenvalue weighted by molar-refractivity contribution is 7.98. The molecule has 0 bridgehead atoms. The minimum absolute atomic E-state index is 0.0538. The van der Waals surface area contributed by atoms with E-state index in [9.17, 15) is 4.79 Å². The second-order valence-electron chi connectivity index (χ2n) is 5.68. The topological polar surface area (TPSA) is 47.6 Å². The van der Waals surface area contributed by atoms with E-state index in [1.54, 1.807) is 26.0 Å². The molecule has 0 aromatic heterocycles. The van der Waals surface area contributed by atoms with Crippen molar-refractivity contribution in [3.05, 3.63) is 58.6 Å². The molecule has 1 amide bonds. The summed E-state index contributed by atoms with van der Waals surface area (Å²) in [6, 6.07) is 13.5. The molecule has 0 spiro atoms. The van der Waals surface area contributed by atoms with E-state index < -0.39 is 0 Å². The van der Waals surface area contributed by atoms with E-state index >= 15 is 0 Å². The van der Waals surface area contributed by atoms with Crippen LogP contribution in [0.3, 0.4) is 0 Å². The van der Waals surface area contributed by atoms with E-state index in [0.29, 0.717) is 30.9 Å². The van der Waals surface area contributed by atoms with Crippen LogP contribution in [0.15, 0.2) is 42.5 Å². The largest absolute Gasteiger partial charge is 0.493 e. The van der Waals surface area contributed by atoms with Gasteiger partial charge in [-0.1, -0.05) is 35.9 Å². The van der Waals surface area contributed by atoms with Crippen LogP contribution in [0, 0.1) is 0 Å². The highest BCUT2D eigenvalue weighted by Crippen LogP contribution is 2.28. The number of carbonyl (C=O) groups is 1. The Hall–Kier alpha value is -1.85. The summed E-state index contributed by atoms with van der Waals surface area (Å²) < 4.78 is 10.5. The monoisotopic (exact) mass is 393 g/mol. The van der Waals surface area contributed by atoms with E-state index in [4.69, 9.17) is 21.1 Å². The van der Waals surface area contributed by atoms with E-state index in [-0.39, 0.29) is 5.91 Å². The molecular formula is C20H24ClNO3S. The summed E-state index contributed by atoms with van der Waals surface area (Å²) in [5.41, 5.74) is 2.17. The second-order valence-corrected chi connectivity index (χ2v) is 7.20. The third-order valence-electron chi connectivity index (χ3n) is 3.87. The molecule has 0 saturated carbocycles. The molecular weight excluding hydrogens is 370 g/mol. The van der Waals surface area contributed by atoms with Gasteiger partial charge in [0.25, 0.3) is 0 Å². The fourth-order valence-corrected chi connectivity index (χ4v) is 3.59. The second kappa shape index (κ2) is 11.0. The molecule has 0 aliphatic heterocycles. The number of nitrogens with one attached hydrogen (secondary N) is 1. The van der Waals surface area contributed by atoms with Gasteiger partial charge in [0, 0.05) is 29.5 Å². The van der Waals surface area contributed by atoms with Crippen molar-refractivity contribution in [3.63, 3.8) is 0 Å². The standard InChI is InChI=1S/C20H24ClNO3S/c1-24-18-9-7-15(13-19(18)25-2)8-10-20(23)22-11-12-26-14-16-5-3-4-6-17(16)21/h3-7,9,13H,8,10-12,14H2,1-2H3,(H,22,23). The van der Waals surface area contributed by atoms with Crippen molar-refractivity contribution < 1.29 is 14.3 Å². The summed E-state index contributed by atoms with van der Waals surface area (Å²) in [5, 5.41) is 3.75. The highest BCUT2D eigenvalue weighted by Gasteiger charge is 2.07. The van der Waals surface area contributed by atoms with Crippen molar-refractivity contribution in [2.24, 2.45) is 0 Å². The van der Waals surface area contributed by atoms with Crippen molar-refractivity contribution in [3.8, 4) is 11.5 Å². The quantitative estimate of drug-likeness (QED) is 0.610. The number of rotatable bonds is 10. The molecule has 0 aliphatic rings. The smallest absolute Gasteiger partial charge is 0.220 e. The average Bonchev–Trinajstić information content (AvgIpc) is 2.67. The number of hydrogen-bond acceptors (Lipinski definition) is 4. The Balaban J connectivity index is 1.65. The minimum atomic E-state index is 0.0538. The van der Waals surface area contributed by atoms with Gasteiger partial charge in [-0.05, 0) is 35.7 Å². The van der Waals surface area contributed by atoms with Crippen LogP contribution in [0.2, 0.25) is 5.02 Å². The lowest BCUT2D eigenvalue weighted by Gasteiger charge is -2.10. The van der Waals surface area contributed by atoms with Gasteiger partial charge in [-0.15, -0.1) is 0 Å². The lowest BCUT2D eigenvalue weighted by Crippen LogP contribution is -2.25. The SMILES string of the molecule is COc1ccc(CCC(=O)NCCSCc2ccccc2Cl)cc1OC. The van der Waals surface area contributed by atoms with Gasteiger partial charge in [0.1, 0.15) is 0 Å². The molecule has 4 nitrogen and oxygen atoms in total. The number of hydrogen-bond donors (Lipinski definition) is 1. The maximum atomic E-state index is 12.0. The highest BCUT2D eigenvalue weighted by atomic mass is 35.5. The van der Waals surface area contributed by atoms with Crippen LogP contribution in [0.25, 0.3) is 0 Å². The zero-order chi connectivity index (χ0) is 18.8. The first-order valence-electron chi connectivity index (χ1n) is 8.42. The van der Waals surface area contributed by atoms with Crippen LogP contribution in [0.4, 0.5) is 0 Å². The van der Waals surface area contributed by atoms with E-state index in [1.165, 1.54) is 0 Å². The first-order valence-corrected chi connectivity index (χ1v) is 9.96. The molecule has 0 fully saturated rings. The number of carbonyl (C=O) groups excluding carboxylic acids is 1. The number of methoxy groups -OCH3 is 2.